The number of benzene rings is 8. The first-order valence-electron chi connectivity index (χ1n) is 31.0. The molecule has 0 bridgehead atoms. The number of ether oxygens (including phenoxy) is 9. The van der Waals surface area contributed by atoms with Crippen LogP contribution < -0.4 is 38.1 Å². The lowest BCUT2D eigenvalue weighted by Crippen LogP contribution is -2.43. The van der Waals surface area contributed by atoms with Gasteiger partial charge in [0.15, 0.2) is 20.3 Å². The van der Waals surface area contributed by atoms with Crippen LogP contribution in [0, 0.1) is 25.2 Å². The summed E-state index contributed by atoms with van der Waals surface area (Å²) in [5.41, 5.74) is 9.41. The van der Waals surface area contributed by atoms with Gasteiger partial charge in [-0.3, -0.25) is 9.69 Å². The van der Waals surface area contributed by atoms with Crippen LogP contribution in [0.2, 0.25) is 0 Å². The van der Waals surface area contributed by atoms with Crippen molar-refractivity contribution in [3.8, 4) is 40.2 Å². The van der Waals surface area contributed by atoms with Crippen LogP contribution in [0.3, 0.4) is 0 Å². The lowest BCUT2D eigenvalue weighted by atomic mass is 9.55. The number of nitrogens with zero attached hydrogens (tertiary/aromatic N) is 1. The smallest absolute Gasteiger partial charge is 0.249 e. The van der Waals surface area contributed by atoms with E-state index in [1.807, 2.05) is 107 Å². The molecule has 8 aromatic carbocycles. The summed E-state index contributed by atoms with van der Waals surface area (Å²) in [5.74, 6) is 5.34. The number of hydrogen-bond donors (Lipinski definition) is 0. The quantitative estimate of drug-likeness (QED) is 0.0406. The number of aryl methyl sites for hydroxylation is 2. The molecule has 2 aliphatic rings. The van der Waals surface area contributed by atoms with E-state index in [4.69, 9.17) is 42.6 Å². The number of fused-ring (bicyclic) bond motifs is 1. The monoisotopic (exact) mass is 1190 g/mol. The molecule has 3 atom stereocenters. The summed E-state index contributed by atoms with van der Waals surface area (Å²) in [6.07, 6.45) is 3.18. The number of carbonyl (C=O) groups is 1. The normalized spacial score (nSPS) is 18.1. The van der Waals surface area contributed by atoms with Gasteiger partial charge in [-0.1, -0.05) is 159 Å². The maximum atomic E-state index is 15.9. The molecule has 460 valence electrons. The Morgan fingerprint density at radius 2 is 0.886 bits per heavy atom. The van der Waals surface area contributed by atoms with Crippen molar-refractivity contribution in [3.63, 3.8) is 0 Å². The van der Waals surface area contributed by atoms with Crippen LogP contribution in [0.4, 0.5) is 5.69 Å². The molecule has 8 aromatic rings. The molecule has 1 heterocycles. The minimum absolute atomic E-state index is 0.00645. The first-order valence-corrected chi connectivity index (χ1v) is 31.0. The number of anilines is 1. The van der Waals surface area contributed by atoms with E-state index >= 15 is 4.79 Å². The SMILES string of the molecule is CCOCOc1ccc(C2(c3ccc(OCN4C(=O)C(c5ccc(OCOCC)c(C)c5)(c5ccc(OCOc6ccc(C(C)(C)c7ccc(OCOc8ccc(C(C)(C)C)cc8)cc7)cc6)c(C)c5)c5ccccc54)cc3)CC(C)CC(C)(C)C2)cc1. The van der Waals surface area contributed by atoms with Crippen LogP contribution in [-0.2, 0) is 35.9 Å². The van der Waals surface area contributed by atoms with Gasteiger partial charge in [-0.2, -0.15) is 0 Å². The molecule has 0 radical (unpaired) electrons. The maximum Gasteiger partial charge on any atom is 0.249 e. The highest BCUT2D eigenvalue weighted by molar-refractivity contribution is 6.13. The molecular weight excluding hydrogens is 1100 g/mol. The van der Waals surface area contributed by atoms with Crippen molar-refractivity contribution in [2.24, 2.45) is 11.3 Å². The van der Waals surface area contributed by atoms with E-state index in [2.05, 4.69) is 159 Å². The van der Waals surface area contributed by atoms with Crippen LogP contribution in [-0.4, -0.2) is 53.0 Å². The minimum Gasteiger partial charge on any atom is -0.473 e. The van der Waals surface area contributed by atoms with Gasteiger partial charge in [0, 0.05) is 29.6 Å². The van der Waals surface area contributed by atoms with E-state index in [-0.39, 0.29) is 61.5 Å². The second-order valence-corrected chi connectivity index (χ2v) is 26.0. The van der Waals surface area contributed by atoms with Gasteiger partial charge in [0.2, 0.25) is 19.5 Å². The van der Waals surface area contributed by atoms with Crippen LogP contribution >= 0.6 is 0 Å². The third-order valence-electron chi connectivity index (χ3n) is 17.7. The largest absolute Gasteiger partial charge is 0.473 e. The van der Waals surface area contributed by atoms with E-state index in [0.717, 1.165) is 81.1 Å². The predicted molar refractivity (Wildman–Crippen MR) is 349 cm³/mol. The summed E-state index contributed by atoms with van der Waals surface area (Å²) in [7, 11) is 0. The van der Waals surface area contributed by atoms with Crippen LogP contribution in [0.1, 0.15) is 144 Å². The molecule has 1 aliphatic heterocycles. The van der Waals surface area contributed by atoms with Crippen molar-refractivity contribution in [2.45, 2.75) is 124 Å². The van der Waals surface area contributed by atoms with E-state index in [1.54, 1.807) is 4.90 Å². The summed E-state index contributed by atoms with van der Waals surface area (Å²) in [5, 5.41) is 0. The molecule has 11 heteroatoms. The molecule has 0 aromatic heterocycles. The first kappa shape index (κ1) is 62.8. The molecular formula is C77H87NO10. The number of hydrogen-bond acceptors (Lipinski definition) is 10. The fraction of sp³-hybridized carbons (Fsp3) is 0.364. The zero-order valence-electron chi connectivity index (χ0n) is 53.5. The average Bonchev–Trinajstić information content (AvgIpc) is 1.51. The summed E-state index contributed by atoms with van der Waals surface area (Å²) in [6.45, 7) is 27.6. The van der Waals surface area contributed by atoms with E-state index in [1.165, 1.54) is 16.7 Å². The number of rotatable bonds is 25. The molecule has 1 fully saturated rings. The minimum atomic E-state index is -1.26. The lowest BCUT2D eigenvalue weighted by molar-refractivity contribution is -0.121. The van der Waals surface area contributed by atoms with Gasteiger partial charge in [0.1, 0.15) is 45.7 Å². The maximum absolute atomic E-state index is 15.9. The number of carbonyl (C=O) groups excluding carboxylic acids is 1. The van der Waals surface area contributed by atoms with Gasteiger partial charge in [-0.05, 0) is 193 Å². The Hall–Kier alpha value is -8.25. The van der Waals surface area contributed by atoms with Crippen molar-refractivity contribution in [3.05, 3.63) is 238 Å². The fourth-order valence-electron chi connectivity index (χ4n) is 13.3. The topological polar surface area (TPSA) is 103 Å². The third kappa shape index (κ3) is 13.6. The van der Waals surface area contributed by atoms with Gasteiger partial charge < -0.3 is 42.6 Å². The van der Waals surface area contributed by atoms with Crippen LogP contribution in [0.25, 0.3) is 0 Å². The summed E-state index contributed by atoms with van der Waals surface area (Å²) >= 11 is 0. The van der Waals surface area contributed by atoms with Crippen molar-refractivity contribution in [1.29, 1.82) is 0 Å². The Balaban J connectivity index is 0.842. The Labute approximate surface area is 521 Å². The Kier molecular flexibility index (Phi) is 19.0. The molecule has 0 N–H and O–H groups in total. The molecule has 0 saturated heterocycles. The molecule has 11 nitrogen and oxygen atoms in total. The molecule has 88 heavy (non-hydrogen) atoms. The van der Waals surface area contributed by atoms with E-state index in [0.29, 0.717) is 42.1 Å². The zero-order valence-corrected chi connectivity index (χ0v) is 53.5. The molecule has 1 amide bonds. The van der Waals surface area contributed by atoms with E-state index < -0.39 is 5.41 Å². The summed E-state index contributed by atoms with van der Waals surface area (Å²) < 4.78 is 54.0. The van der Waals surface area contributed by atoms with Crippen molar-refractivity contribution >= 4 is 11.6 Å². The van der Waals surface area contributed by atoms with Gasteiger partial charge in [-0.15, -0.1) is 0 Å². The second-order valence-electron chi connectivity index (χ2n) is 26.0. The van der Waals surface area contributed by atoms with Gasteiger partial charge >= 0.3 is 0 Å². The average molecular weight is 1190 g/mol. The fourth-order valence-corrected chi connectivity index (χ4v) is 13.3. The van der Waals surface area contributed by atoms with Crippen LogP contribution in [0.5, 0.6) is 40.2 Å². The number of para-hydroxylation sites is 1. The van der Waals surface area contributed by atoms with Crippen LogP contribution in [0.15, 0.2) is 182 Å². The zero-order chi connectivity index (χ0) is 62.3. The highest BCUT2D eigenvalue weighted by atomic mass is 16.7. The highest BCUT2D eigenvalue weighted by Gasteiger charge is 2.54. The standard InChI is InChI=1S/C77H87NO10/c1-13-80-49-83-64-39-27-60(28-40-64)76(46-53(3)45-74(9,10)47-76)59-25-37-63(38-26-59)82-48-78-69-18-16-15-17-68(69)77(72(78)79,61-29-41-70(54(4)43-61)87-50-81-14-2)62-30-42-71(55(5)44-62)88-52-86-67-35-23-58(24-36-67)75(11,12)57-21-33-66(34-22-57)85-51-84-65-31-19-56(20-32-65)73(6,7)8/h15-44,53H,13-14,45-52H2,1-12H3. The first-order chi connectivity index (χ1) is 42.2. The van der Waals surface area contributed by atoms with Crippen molar-refractivity contribution in [2.75, 3.05) is 52.0 Å². The molecule has 3 unspecified atom stereocenters. The third-order valence-corrected chi connectivity index (χ3v) is 17.7. The molecule has 1 saturated carbocycles. The number of amides is 1. The Morgan fingerprint density at radius 1 is 0.477 bits per heavy atom. The lowest BCUT2D eigenvalue weighted by Gasteiger charge is -2.48. The van der Waals surface area contributed by atoms with Gasteiger partial charge in [0.25, 0.3) is 0 Å². The summed E-state index contributed by atoms with van der Waals surface area (Å²) in [6, 6.07) is 61.6. The Morgan fingerprint density at radius 3 is 1.35 bits per heavy atom. The highest BCUT2D eigenvalue weighted by Crippen LogP contribution is 2.55. The Bertz CT molecular complexity index is 3630. The predicted octanol–water partition coefficient (Wildman–Crippen LogP) is 17.4. The molecule has 10 rings (SSSR count). The summed E-state index contributed by atoms with van der Waals surface area (Å²) in [4.78, 5) is 17.7. The molecule has 1 aliphatic carbocycles. The van der Waals surface area contributed by atoms with Gasteiger partial charge in [-0.25, -0.2) is 0 Å². The van der Waals surface area contributed by atoms with Crippen molar-refractivity contribution < 1.29 is 47.4 Å². The van der Waals surface area contributed by atoms with Crippen molar-refractivity contribution in [1.82, 2.24) is 0 Å². The van der Waals surface area contributed by atoms with E-state index in [9.17, 15) is 0 Å². The second kappa shape index (κ2) is 26.6. The molecule has 0 spiro atoms. The van der Waals surface area contributed by atoms with Gasteiger partial charge in [0.05, 0.1) is 5.69 Å².